The van der Waals surface area contributed by atoms with E-state index in [4.69, 9.17) is 13.9 Å². The molecule has 0 bridgehead atoms. The summed E-state index contributed by atoms with van der Waals surface area (Å²) in [6.07, 6.45) is 3.58. The van der Waals surface area contributed by atoms with Crippen molar-refractivity contribution in [3.63, 3.8) is 0 Å². The largest absolute Gasteiger partial charge is 0.493 e. The zero-order valence-corrected chi connectivity index (χ0v) is 18.3. The number of hydrogen-bond donors (Lipinski definition) is 2. The number of aryl methyl sites for hydroxylation is 1. The lowest BCUT2D eigenvalue weighted by Crippen LogP contribution is -2.36. The van der Waals surface area contributed by atoms with Gasteiger partial charge in [-0.05, 0) is 54.8 Å². The quantitative estimate of drug-likeness (QED) is 0.501. The molecular weight excluding hydrogens is 408 g/mol. The van der Waals surface area contributed by atoms with Crippen LogP contribution in [0.1, 0.15) is 27.2 Å². The topological polar surface area (TPSA) is 89.8 Å². The Labute approximate surface area is 187 Å². The van der Waals surface area contributed by atoms with Crippen LogP contribution in [0, 0.1) is 6.92 Å². The predicted octanol–water partition coefficient (Wildman–Crippen LogP) is 3.74. The smallest absolute Gasteiger partial charge is 0.267 e. The lowest BCUT2D eigenvalue weighted by Gasteiger charge is -2.13. The minimum atomic E-state index is -0.413. The Morgan fingerprint density at radius 1 is 1.00 bits per heavy atom. The summed E-state index contributed by atoms with van der Waals surface area (Å²) < 4.78 is 15.9. The highest BCUT2D eigenvalue weighted by Gasteiger charge is 2.16. The molecule has 0 radical (unpaired) electrons. The Balaban J connectivity index is 1.69. The first kappa shape index (κ1) is 22.7. The van der Waals surface area contributed by atoms with E-state index in [0.29, 0.717) is 35.8 Å². The van der Waals surface area contributed by atoms with E-state index < -0.39 is 5.91 Å². The minimum absolute atomic E-state index is 0.0977. The number of rotatable bonds is 9. The second-order valence-corrected chi connectivity index (χ2v) is 7.04. The van der Waals surface area contributed by atoms with Crippen LogP contribution in [0.2, 0.25) is 0 Å². The van der Waals surface area contributed by atoms with E-state index in [0.717, 1.165) is 11.1 Å². The molecule has 1 heterocycles. The first-order valence-electron chi connectivity index (χ1n) is 10.1. The maximum absolute atomic E-state index is 12.9. The molecular formula is C25H26N2O5. The van der Waals surface area contributed by atoms with Gasteiger partial charge >= 0.3 is 0 Å². The standard InChI is InChI=1S/C25H26N2O5/c1-17-7-4-5-9-20(17)24(28)27-21(16-19-8-6-14-32-19)25(29)26-13-12-18-10-11-22(30-2)23(15-18)31-3/h4-11,14-16H,12-13H2,1-3H3,(H,26,29)(H,27,28)/b21-16-. The summed E-state index contributed by atoms with van der Waals surface area (Å²) in [6.45, 7) is 2.21. The second-order valence-electron chi connectivity index (χ2n) is 7.04. The van der Waals surface area contributed by atoms with E-state index in [1.807, 2.05) is 37.3 Å². The fourth-order valence-corrected chi connectivity index (χ4v) is 3.14. The van der Waals surface area contributed by atoms with Gasteiger partial charge in [-0.25, -0.2) is 0 Å². The number of methoxy groups -OCH3 is 2. The molecule has 2 N–H and O–H groups in total. The molecule has 2 aromatic carbocycles. The van der Waals surface area contributed by atoms with E-state index in [1.165, 1.54) is 12.3 Å². The minimum Gasteiger partial charge on any atom is -0.493 e. The lowest BCUT2D eigenvalue weighted by atomic mass is 10.1. The molecule has 32 heavy (non-hydrogen) atoms. The Morgan fingerprint density at radius 2 is 1.78 bits per heavy atom. The number of furan rings is 1. The van der Waals surface area contributed by atoms with Gasteiger partial charge in [-0.3, -0.25) is 9.59 Å². The number of carbonyl (C=O) groups is 2. The molecule has 0 atom stereocenters. The fourth-order valence-electron chi connectivity index (χ4n) is 3.14. The van der Waals surface area contributed by atoms with Gasteiger partial charge in [0.15, 0.2) is 11.5 Å². The average Bonchev–Trinajstić information content (AvgIpc) is 3.31. The molecule has 3 rings (SSSR count). The summed E-state index contributed by atoms with van der Waals surface area (Å²) in [7, 11) is 3.15. The van der Waals surface area contributed by atoms with Gasteiger partial charge in [0.2, 0.25) is 0 Å². The number of nitrogens with one attached hydrogen (secondary N) is 2. The third kappa shape index (κ3) is 5.78. The van der Waals surface area contributed by atoms with Crippen LogP contribution in [-0.4, -0.2) is 32.6 Å². The summed E-state index contributed by atoms with van der Waals surface area (Å²) in [4.78, 5) is 25.6. The van der Waals surface area contributed by atoms with E-state index >= 15 is 0 Å². The lowest BCUT2D eigenvalue weighted by molar-refractivity contribution is -0.117. The van der Waals surface area contributed by atoms with Crippen LogP contribution in [0.3, 0.4) is 0 Å². The van der Waals surface area contributed by atoms with Gasteiger partial charge in [0, 0.05) is 18.2 Å². The van der Waals surface area contributed by atoms with Gasteiger partial charge in [-0.2, -0.15) is 0 Å². The molecule has 2 amide bonds. The van der Waals surface area contributed by atoms with Crippen LogP contribution in [0.25, 0.3) is 6.08 Å². The molecule has 3 aromatic rings. The molecule has 0 saturated carbocycles. The summed E-state index contributed by atoms with van der Waals surface area (Å²) >= 11 is 0. The van der Waals surface area contributed by atoms with Crippen molar-refractivity contribution >= 4 is 17.9 Å². The zero-order chi connectivity index (χ0) is 22.9. The van der Waals surface area contributed by atoms with Crippen LogP contribution >= 0.6 is 0 Å². The molecule has 1 aromatic heterocycles. The van der Waals surface area contributed by atoms with Crippen molar-refractivity contribution in [1.82, 2.24) is 10.6 Å². The highest BCUT2D eigenvalue weighted by Crippen LogP contribution is 2.27. The summed E-state index contributed by atoms with van der Waals surface area (Å²) in [6, 6.07) is 16.2. The maximum atomic E-state index is 12.9. The van der Waals surface area contributed by atoms with Crippen molar-refractivity contribution in [3.8, 4) is 11.5 Å². The molecule has 0 spiro atoms. The Hall–Kier alpha value is -4.00. The fraction of sp³-hybridized carbons (Fsp3) is 0.200. The summed E-state index contributed by atoms with van der Waals surface area (Å²) in [5.41, 5.74) is 2.39. The number of ether oxygens (including phenoxy) is 2. The molecule has 0 aliphatic rings. The summed E-state index contributed by atoms with van der Waals surface area (Å²) in [5.74, 6) is 0.947. The van der Waals surface area contributed by atoms with Crippen LogP contribution in [0.15, 0.2) is 71.0 Å². The molecule has 0 aliphatic carbocycles. The Kier molecular flexibility index (Phi) is 7.70. The second kappa shape index (κ2) is 10.9. The van der Waals surface area contributed by atoms with Gasteiger partial charge in [-0.15, -0.1) is 0 Å². The first-order chi connectivity index (χ1) is 15.5. The monoisotopic (exact) mass is 434 g/mol. The normalized spacial score (nSPS) is 11.0. The van der Waals surface area contributed by atoms with Gasteiger partial charge in [-0.1, -0.05) is 24.3 Å². The van der Waals surface area contributed by atoms with Crippen LogP contribution in [0.5, 0.6) is 11.5 Å². The van der Waals surface area contributed by atoms with Crippen molar-refractivity contribution in [3.05, 3.63) is 89.0 Å². The Morgan fingerprint density at radius 3 is 2.47 bits per heavy atom. The van der Waals surface area contributed by atoms with E-state index in [2.05, 4.69) is 10.6 Å². The van der Waals surface area contributed by atoms with E-state index in [1.54, 1.807) is 38.5 Å². The average molecular weight is 434 g/mol. The summed E-state index contributed by atoms with van der Waals surface area (Å²) in [5, 5.41) is 5.55. The van der Waals surface area contributed by atoms with E-state index in [-0.39, 0.29) is 11.6 Å². The molecule has 7 nitrogen and oxygen atoms in total. The SMILES string of the molecule is COc1ccc(CCNC(=O)/C(=C/c2ccco2)NC(=O)c2ccccc2C)cc1OC. The van der Waals surface area contributed by atoms with E-state index in [9.17, 15) is 9.59 Å². The maximum Gasteiger partial charge on any atom is 0.267 e. The van der Waals surface area contributed by atoms with Gasteiger partial charge in [0.05, 0.1) is 20.5 Å². The molecule has 0 unspecified atom stereocenters. The predicted molar refractivity (Wildman–Crippen MR) is 122 cm³/mol. The third-order valence-corrected chi connectivity index (χ3v) is 4.86. The highest BCUT2D eigenvalue weighted by atomic mass is 16.5. The molecule has 7 heteroatoms. The van der Waals surface area contributed by atoms with Crippen LogP contribution < -0.4 is 20.1 Å². The zero-order valence-electron chi connectivity index (χ0n) is 18.3. The van der Waals surface area contributed by atoms with Gasteiger partial charge in [0.25, 0.3) is 11.8 Å². The molecule has 0 fully saturated rings. The van der Waals surface area contributed by atoms with Crippen molar-refractivity contribution in [2.24, 2.45) is 0 Å². The first-order valence-corrected chi connectivity index (χ1v) is 10.1. The van der Waals surface area contributed by atoms with Crippen molar-refractivity contribution < 1.29 is 23.5 Å². The third-order valence-electron chi connectivity index (χ3n) is 4.86. The van der Waals surface area contributed by atoms with Crippen LogP contribution in [0.4, 0.5) is 0 Å². The number of amides is 2. The van der Waals surface area contributed by atoms with Gasteiger partial charge in [0.1, 0.15) is 11.5 Å². The van der Waals surface area contributed by atoms with Gasteiger partial charge < -0.3 is 24.5 Å². The highest BCUT2D eigenvalue weighted by molar-refractivity contribution is 6.05. The van der Waals surface area contributed by atoms with Crippen molar-refractivity contribution in [2.75, 3.05) is 20.8 Å². The number of benzene rings is 2. The molecule has 0 saturated heterocycles. The van der Waals surface area contributed by atoms with Crippen molar-refractivity contribution in [1.29, 1.82) is 0 Å². The van der Waals surface area contributed by atoms with Crippen LogP contribution in [-0.2, 0) is 11.2 Å². The molecule has 0 aliphatic heterocycles. The Bertz CT molecular complexity index is 1100. The number of carbonyl (C=O) groups excluding carboxylic acids is 2. The molecule has 166 valence electrons. The van der Waals surface area contributed by atoms with Crippen molar-refractivity contribution in [2.45, 2.75) is 13.3 Å². The number of hydrogen-bond acceptors (Lipinski definition) is 5.